The van der Waals surface area contributed by atoms with Gasteiger partial charge in [0.05, 0.1) is 12.2 Å². The fourth-order valence-corrected chi connectivity index (χ4v) is 3.94. The van der Waals surface area contributed by atoms with E-state index in [1.54, 1.807) is 18.2 Å². The topological polar surface area (TPSA) is 88.7 Å². The van der Waals surface area contributed by atoms with Gasteiger partial charge in [0.1, 0.15) is 5.82 Å². The molecule has 0 spiro atoms. The first kappa shape index (κ1) is 21.0. The Morgan fingerprint density at radius 3 is 2.71 bits per heavy atom. The Hall–Kier alpha value is -3.29. The van der Waals surface area contributed by atoms with Crippen molar-refractivity contribution in [3.8, 4) is 11.5 Å². The van der Waals surface area contributed by atoms with Crippen LogP contribution >= 0.6 is 0 Å². The summed E-state index contributed by atoms with van der Waals surface area (Å²) >= 11 is 0. The highest BCUT2D eigenvalue weighted by atomic mass is 19.1. The zero-order valence-electron chi connectivity index (χ0n) is 17.4. The largest absolute Gasteiger partial charge is 0.454 e. The molecular formula is C23H26FN3O4. The first-order valence-electron chi connectivity index (χ1n) is 10.5. The zero-order valence-corrected chi connectivity index (χ0v) is 17.4. The minimum atomic E-state index is -0.500. The Kier molecular flexibility index (Phi) is 6.25. The summed E-state index contributed by atoms with van der Waals surface area (Å²) in [7, 11) is 0. The van der Waals surface area contributed by atoms with Crippen molar-refractivity contribution in [2.75, 3.05) is 24.0 Å². The predicted octanol–water partition coefficient (Wildman–Crippen LogP) is 3.91. The average molecular weight is 427 g/mol. The molecule has 1 aliphatic carbocycles. The van der Waals surface area contributed by atoms with Crippen LogP contribution in [0.3, 0.4) is 0 Å². The van der Waals surface area contributed by atoms with Gasteiger partial charge in [0.15, 0.2) is 11.5 Å². The normalized spacial score (nSPS) is 19.5. The summed E-state index contributed by atoms with van der Waals surface area (Å²) < 4.78 is 24.7. The van der Waals surface area contributed by atoms with E-state index in [9.17, 15) is 14.0 Å². The first-order valence-corrected chi connectivity index (χ1v) is 10.5. The molecule has 0 aromatic heterocycles. The van der Waals surface area contributed by atoms with Gasteiger partial charge in [-0.05, 0) is 55.2 Å². The predicted molar refractivity (Wildman–Crippen MR) is 115 cm³/mol. The fraction of sp³-hybridized carbons (Fsp3) is 0.391. The maximum Gasteiger partial charge on any atom is 0.255 e. The number of nitrogens with one attached hydrogen (secondary N) is 3. The van der Waals surface area contributed by atoms with Crippen molar-refractivity contribution >= 4 is 23.2 Å². The van der Waals surface area contributed by atoms with E-state index < -0.39 is 5.82 Å². The maximum atomic E-state index is 14.2. The molecule has 164 valence electrons. The van der Waals surface area contributed by atoms with Gasteiger partial charge in [-0.25, -0.2) is 4.39 Å². The smallest absolute Gasteiger partial charge is 0.255 e. The number of hydrogen-bond acceptors (Lipinski definition) is 5. The van der Waals surface area contributed by atoms with Crippen molar-refractivity contribution < 1.29 is 23.5 Å². The third kappa shape index (κ3) is 5.07. The number of anilines is 2. The van der Waals surface area contributed by atoms with Crippen LogP contribution in [0.1, 0.15) is 43.0 Å². The molecule has 2 aliphatic rings. The second-order valence-corrected chi connectivity index (χ2v) is 8.01. The summed E-state index contributed by atoms with van der Waals surface area (Å²) in [6.45, 7) is 2.23. The van der Waals surface area contributed by atoms with E-state index in [0.717, 1.165) is 19.3 Å². The molecule has 1 aliphatic heterocycles. The van der Waals surface area contributed by atoms with Crippen LogP contribution in [-0.4, -0.2) is 31.2 Å². The standard InChI is InChI=1S/C23H26FN3O4/c1-14-4-2-3-5-18(14)27-22(28)12-25-19-11-16(7-8-17(19)24)26-23(29)15-6-9-20-21(10-15)31-13-30-20/h6-11,14,18,25H,2-5,12-13H2,1H3,(H,26,29)(H,27,28)/t14-,18+/m0/s1. The number of halogens is 1. The lowest BCUT2D eigenvalue weighted by Crippen LogP contribution is -2.43. The van der Waals surface area contributed by atoms with Gasteiger partial charge >= 0.3 is 0 Å². The van der Waals surface area contributed by atoms with Crippen LogP contribution in [0.2, 0.25) is 0 Å². The number of amides is 2. The number of fused-ring (bicyclic) bond motifs is 1. The minimum Gasteiger partial charge on any atom is -0.454 e. The molecular weight excluding hydrogens is 401 g/mol. The van der Waals surface area contributed by atoms with Crippen molar-refractivity contribution in [1.29, 1.82) is 0 Å². The minimum absolute atomic E-state index is 0.0420. The summed E-state index contributed by atoms with van der Waals surface area (Å²) in [5.41, 5.74) is 0.951. The Labute approximate surface area is 180 Å². The molecule has 1 heterocycles. The van der Waals surface area contributed by atoms with E-state index in [4.69, 9.17) is 9.47 Å². The van der Waals surface area contributed by atoms with Crippen molar-refractivity contribution in [3.63, 3.8) is 0 Å². The van der Waals surface area contributed by atoms with Gasteiger partial charge in [0.25, 0.3) is 5.91 Å². The van der Waals surface area contributed by atoms with Gasteiger partial charge in [0, 0.05) is 17.3 Å². The van der Waals surface area contributed by atoms with Crippen LogP contribution in [-0.2, 0) is 4.79 Å². The van der Waals surface area contributed by atoms with Crippen LogP contribution in [0.25, 0.3) is 0 Å². The second-order valence-electron chi connectivity index (χ2n) is 8.01. The van der Waals surface area contributed by atoms with Crippen LogP contribution in [0.15, 0.2) is 36.4 Å². The first-order chi connectivity index (χ1) is 15.0. The van der Waals surface area contributed by atoms with Gasteiger partial charge < -0.3 is 25.4 Å². The summed E-state index contributed by atoms with van der Waals surface area (Å²) in [4.78, 5) is 24.8. The van der Waals surface area contributed by atoms with E-state index in [0.29, 0.717) is 28.7 Å². The van der Waals surface area contributed by atoms with E-state index in [1.165, 1.54) is 24.6 Å². The number of carbonyl (C=O) groups excluding carboxylic acids is 2. The van der Waals surface area contributed by atoms with E-state index >= 15 is 0 Å². The third-order valence-corrected chi connectivity index (χ3v) is 5.76. The molecule has 31 heavy (non-hydrogen) atoms. The molecule has 8 heteroatoms. The molecule has 0 saturated heterocycles. The van der Waals surface area contributed by atoms with Crippen LogP contribution in [0, 0.1) is 11.7 Å². The van der Waals surface area contributed by atoms with Gasteiger partial charge in [-0.15, -0.1) is 0 Å². The van der Waals surface area contributed by atoms with Gasteiger partial charge in [-0.1, -0.05) is 19.8 Å². The summed E-state index contributed by atoms with van der Waals surface area (Å²) in [5.74, 6) is 0.509. The molecule has 1 fully saturated rings. The summed E-state index contributed by atoms with van der Waals surface area (Å²) in [6.07, 6.45) is 4.39. The van der Waals surface area contributed by atoms with Gasteiger partial charge in [-0.3, -0.25) is 9.59 Å². The quantitative estimate of drug-likeness (QED) is 0.651. The highest BCUT2D eigenvalue weighted by Crippen LogP contribution is 2.32. The van der Waals surface area contributed by atoms with E-state index in [-0.39, 0.29) is 36.9 Å². The van der Waals surface area contributed by atoms with Gasteiger partial charge in [0.2, 0.25) is 12.7 Å². The van der Waals surface area contributed by atoms with Crippen molar-refractivity contribution in [3.05, 3.63) is 47.8 Å². The molecule has 0 bridgehead atoms. The Bertz CT molecular complexity index is 981. The molecule has 7 nitrogen and oxygen atoms in total. The number of benzene rings is 2. The highest BCUT2D eigenvalue weighted by molar-refractivity contribution is 6.05. The van der Waals surface area contributed by atoms with Crippen molar-refractivity contribution in [2.45, 2.75) is 38.6 Å². The van der Waals surface area contributed by atoms with Crippen molar-refractivity contribution in [1.82, 2.24) is 5.32 Å². The van der Waals surface area contributed by atoms with Crippen LogP contribution in [0.4, 0.5) is 15.8 Å². The lowest BCUT2D eigenvalue weighted by molar-refractivity contribution is -0.120. The molecule has 0 unspecified atom stereocenters. The zero-order chi connectivity index (χ0) is 21.8. The van der Waals surface area contributed by atoms with Crippen LogP contribution in [0.5, 0.6) is 11.5 Å². The number of ether oxygens (including phenoxy) is 2. The molecule has 3 N–H and O–H groups in total. The molecule has 2 aromatic carbocycles. The third-order valence-electron chi connectivity index (χ3n) is 5.76. The lowest BCUT2D eigenvalue weighted by atomic mass is 9.86. The number of rotatable bonds is 6. The average Bonchev–Trinajstić information content (AvgIpc) is 3.23. The van der Waals surface area contributed by atoms with E-state index in [2.05, 4.69) is 22.9 Å². The van der Waals surface area contributed by atoms with Crippen LogP contribution < -0.4 is 25.4 Å². The highest BCUT2D eigenvalue weighted by Gasteiger charge is 2.22. The van der Waals surface area contributed by atoms with Gasteiger partial charge in [-0.2, -0.15) is 0 Å². The molecule has 0 radical (unpaired) electrons. The number of carbonyl (C=O) groups is 2. The lowest BCUT2D eigenvalue weighted by Gasteiger charge is -2.29. The number of hydrogen-bond donors (Lipinski definition) is 3. The molecule has 1 saturated carbocycles. The molecule has 2 atom stereocenters. The summed E-state index contributed by atoms with van der Waals surface area (Å²) in [5, 5.41) is 8.59. The maximum absolute atomic E-state index is 14.2. The van der Waals surface area contributed by atoms with Crippen molar-refractivity contribution in [2.24, 2.45) is 5.92 Å². The molecule has 2 amide bonds. The Morgan fingerprint density at radius 1 is 1.06 bits per heavy atom. The van der Waals surface area contributed by atoms with E-state index in [1.807, 2.05) is 0 Å². The SMILES string of the molecule is C[C@H]1CCCC[C@H]1NC(=O)CNc1cc(NC(=O)c2ccc3c(c2)OCO3)ccc1F. The summed E-state index contributed by atoms with van der Waals surface area (Å²) in [6, 6.07) is 9.24. The Morgan fingerprint density at radius 2 is 1.87 bits per heavy atom. The molecule has 4 rings (SSSR count). The second kappa shape index (κ2) is 9.24. The Balaban J connectivity index is 1.35. The molecule has 2 aromatic rings. The monoisotopic (exact) mass is 427 g/mol. The fourth-order valence-electron chi connectivity index (χ4n) is 3.94.